The van der Waals surface area contributed by atoms with Crippen molar-refractivity contribution in [2.24, 2.45) is 39.9 Å². The number of fused-ring (bicyclic) bond motifs is 1. The highest BCUT2D eigenvalue weighted by Gasteiger charge is 2.79. The Kier molecular flexibility index (Phi) is 2.45. The van der Waals surface area contributed by atoms with Crippen LogP contribution in [-0.4, -0.2) is 11.6 Å². The highest BCUT2D eigenvalue weighted by Crippen LogP contribution is 2.79. The summed E-state index contributed by atoms with van der Waals surface area (Å²) in [6.07, 6.45) is 6.93. The van der Waals surface area contributed by atoms with Gasteiger partial charge in [0.15, 0.2) is 0 Å². The largest absolute Gasteiger partial charge is 0.454 e. The van der Waals surface area contributed by atoms with Gasteiger partial charge in [0.25, 0.3) is 0 Å². The van der Waals surface area contributed by atoms with Crippen LogP contribution in [0.5, 0.6) is 0 Å². The molecule has 130 valence electrons. The van der Waals surface area contributed by atoms with Crippen molar-refractivity contribution >= 4 is 5.97 Å². The number of allylic oxidation sites excluding steroid dienone is 2. The molecule has 0 aromatic rings. The van der Waals surface area contributed by atoms with E-state index in [1.807, 2.05) is 0 Å². The van der Waals surface area contributed by atoms with Crippen molar-refractivity contribution in [2.45, 2.75) is 65.9 Å². The quantitative estimate of drug-likeness (QED) is 0.467. The number of hydrogen-bond donors (Lipinski definition) is 0. The second-order valence-corrected chi connectivity index (χ2v) is 10.2. The monoisotopic (exact) mass is 326 g/mol. The summed E-state index contributed by atoms with van der Waals surface area (Å²) in [4.78, 5) is 13.0. The maximum atomic E-state index is 13.0. The number of hydrogen-bond acceptors (Lipinski definition) is 2. The summed E-state index contributed by atoms with van der Waals surface area (Å²) in [5, 5.41) is 0. The molecule has 0 aromatic heterocycles. The van der Waals surface area contributed by atoms with Gasteiger partial charge in [0.05, 0.1) is 5.41 Å². The smallest absolute Gasteiger partial charge is 0.313 e. The van der Waals surface area contributed by atoms with Crippen molar-refractivity contribution in [3.05, 3.63) is 23.8 Å². The van der Waals surface area contributed by atoms with E-state index in [4.69, 9.17) is 4.74 Å². The van der Waals surface area contributed by atoms with Gasteiger partial charge in [-0.1, -0.05) is 45.9 Å². The number of ether oxygens (including phenoxy) is 1. The van der Waals surface area contributed by atoms with Crippen molar-refractivity contribution in [3.8, 4) is 0 Å². The van der Waals surface area contributed by atoms with Crippen LogP contribution < -0.4 is 0 Å². The summed E-state index contributed by atoms with van der Waals surface area (Å²) in [6.45, 7) is 16.1. The molecule has 24 heavy (non-hydrogen) atoms. The molecule has 5 aliphatic rings. The van der Waals surface area contributed by atoms with E-state index in [9.17, 15) is 4.79 Å². The van der Waals surface area contributed by atoms with Gasteiger partial charge in [-0.2, -0.15) is 0 Å². The minimum atomic E-state index is -0.311. The predicted molar refractivity (Wildman–Crippen MR) is 94.1 cm³/mol. The molecule has 5 rings (SSSR count). The van der Waals surface area contributed by atoms with Crippen LogP contribution in [0.1, 0.15) is 60.3 Å². The molecule has 4 bridgehead atoms. The Morgan fingerprint density at radius 2 is 1.96 bits per heavy atom. The first-order valence-corrected chi connectivity index (χ1v) is 9.77. The van der Waals surface area contributed by atoms with E-state index in [2.05, 4.69) is 47.3 Å². The minimum Gasteiger partial charge on any atom is -0.454 e. The molecular weight excluding hydrogens is 296 g/mol. The van der Waals surface area contributed by atoms with E-state index < -0.39 is 0 Å². The molecule has 1 heterocycles. The first kappa shape index (κ1) is 15.2. The molecule has 2 nitrogen and oxygen atoms in total. The van der Waals surface area contributed by atoms with Gasteiger partial charge in [-0.05, 0) is 61.3 Å². The predicted octanol–water partition coefficient (Wildman–Crippen LogP) is 4.90. The Labute approximate surface area is 145 Å². The minimum absolute atomic E-state index is 0.0675. The number of esters is 1. The van der Waals surface area contributed by atoms with Gasteiger partial charge in [0.2, 0.25) is 0 Å². The molecule has 4 fully saturated rings. The van der Waals surface area contributed by atoms with Gasteiger partial charge < -0.3 is 4.74 Å². The molecule has 1 saturated heterocycles. The second kappa shape index (κ2) is 3.86. The molecule has 0 N–H and O–H groups in total. The summed E-state index contributed by atoms with van der Waals surface area (Å²) >= 11 is 0. The van der Waals surface area contributed by atoms with E-state index in [1.54, 1.807) is 0 Å². The van der Waals surface area contributed by atoms with Gasteiger partial charge >= 0.3 is 5.97 Å². The zero-order chi connectivity index (χ0) is 17.3. The molecule has 0 aromatic carbocycles. The normalized spacial score (nSPS) is 60.6. The van der Waals surface area contributed by atoms with Crippen LogP contribution >= 0.6 is 0 Å². The van der Waals surface area contributed by atoms with Crippen LogP contribution in [0.3, 0.4) is 0 Å². The summed E-state index contributed by atoms with van der Waals surface area (Å²) in [7, 11) is 0. The van der Waals surface area contributed by atoms with E-state index in [-0.39, 0.29) is 27.8 Å². The maximum absolute atomic E-state index is 13.0. The average Bonchev–Trinajstić information content (AvgIpc) is 2.94. The third kappa shape index (κ3) is 1.21. The third-order valence-electron chi connectivity index (χ3n) is 9.64. The van der Waals surface area contributed by atoms with Crippen LogP contribution in [-0.2, 0) is 9.53 Å². The lowest BCUT2D eigenvalue weighted by Crippen LogP contribution is -2.47. The Bertz CT molecular complexity index is 719. The zero-order valence-electron chi connectivity index (χ0n) is 15.7. The van der Waals surface area contributed by atoms with E-state index in [1.165, 1.54) is 17.6 Å². The lowest BCUT2D eigenvalue weighted by atomic mass is 9.56. The molecule has 4 unspecified atom stereocenters. The van der Waals surface area contributed by atoms with Gasteiger partial charge in [-0.15, -0.1) is 0 Å². The number of carbonyl (C=O) groups excluding carboxylic acids is 1. The standard InChI is InChI=1S/C22H30O2/c1-12-7-8-22-16-9-13(2)19(5)11-21(16,10-14(19)3)15(4)17(22)20(12,6)18(23)24-22/h9,12-13,15,17H,3,7-8,10-11H2,1-2,4-6H3/t12?,13?,15-,17?,19-,20?,21+,22+/m0/s1. The summed E-state index contributed by atoms with van der Waals surface area (Å²) in [5.74, 6) is 1.80. The van der Waals surface area contributed by atoms with E-state index >= 15 is 0 Å². The van der Waals surface area contributed by atoms with Crippen LogP contribution in [0.4, 0.5) is 0 Å². The fourth-order valence-electron chi connectivity index (χ4n) is 7.82. The van der Waals surface area contributed by atoms with Crippen LogP contribution in [0.2, 0.25) is 0 Å². The summed E-state index contributed by atoms with van der Waals surface area (Å²) in [6, 6.07) is 0. The lowest BCUT2D eigenvalue weighted by molar-refractivity contribution is -0.152. The zero-order valence-corrected chi connectivity index (χ0v) is 15.7. The molecule has 8 atom stereocenters. The van der Waals surface area contributed by atoms with Crippen molar-refractivity contribution in [1.82, 2.24) is 0 Å². The molecule has 4 aliphatic carbocycles. The Morgan fingerprint density at radius 1 is 1.25 bits per heavy atom. The van der Waals surface area contributed by atoms with Crippen LogP contribution in [0, 0.1) is 39.9 Å². The van der Waals surface area contributed by atoms with Crippen LogP contribution in [0.15, 0.2) is 23.8 Å². The number of rotatable bonds is 0. The van der Waals surface area contributed by atoms with Crippen molar-refractivity contribution < 1.29 is 9.53 Å². The molecule has 0 amide bonds. The fourth-order valence-corrected chi connectivity index (χ4v) is 7.82. The molecule has 1 aliphatic heterocycles. The summed E-state index contributed by atoms with van der Waals surface area (Å²) < 4.78 is 6.34. The number of carbonyl (C=O) groups is 1. The third-order valence-corrected chi connectivity index (χ3v) is 9.64. The van der Waals surface area contributed by atoms with E-state index in [0.717, 1.165) is 19.3 Å². The van der Waals surface area contributed by atoms with Crippen molar-refractivity contribution in [2.75, 3.05) is 0 Å². The first-order valence-electron chi connectivity index (χ1n) is 9.77. The van der Waals surface area contributed by atoms with Crippen LogP contribution in [0.25, 0.3) is 0 Å². The molecule has 0 radical (unpaired) electrons. The Balaban J connectivity index is 1.78. The SMILES string of the molecule is C=C1C[C@]23C[C@@]1(C)C(C)C=C2[C@@]12CCC(C)C(C)(C(=O)O1)C2[C@@H]3C. The molecule has 1 spiro atoms. The molecule has 3 saturated carbocycles. The first-order chi connectivity index (χ1) is 11.1. The highest BCUT2D eigenvalue weighted by atomic mass is 16.6. The average molecular weight is 326 g/mol. The Hall–Kier alpha value is -1.05. The fraction of sp³-hybridized carbons (Fsp3) is 0.773. The lowest BCUT2D eigenvalue weighted by Gasteiger charge is -2.43. The van der Waals surface area contributed by atoms with Crippen molar-refractivity contribution in [3.63, 3.8) is 0 Å². The Morgan fingerprint density at radius 3 is 2.67 bits per heavy atom. The summed E-state index contributed by atoms with van der Waals surface area (Å²) in [5.41, 5.74) is 2.70. The highest BCUT2D eigenvalue weighted by molar-refractivity contribution is 5.83. The topological polar surface area (TPSA) is 26.3 Å². The van der Waals surface area contributed by atoms with Gasteiger partial charge in [-0.3, -0.25) is 4.79 Å². The molecular formula is C22H30O2. The van der Waals surface area contributed by atoms with Gasteiger partial charge in [0, 0.05) is 11.3 Å². The van der Waals surface area contributed by atoms with E-state index in [0.29, 0.717) is 23.7 Å². The molecule has 2 heteroatoms. The maximum Gasteiger partial charge on any atom is 0.313 e. The van der Waals surface area contributed by atoms with Gasteiger partial charge in [0.1, 0.15) is 5.60 Å². The second-order valence-electron chi connectivity index (χ2n) is 10.2. The van der Waals surface area contributed by atoms with Crippen molar-refractivity contribution in [1.29, 1.82) is 0 Å². The van der Waals surface area contributed by atoms with Gasteiger partial charge in [-0.25, -0.2) is 0 Å².